The number of hydrogen-bond acceptors (Lipinski definition) is 8. The van der Waals surface area contributed by atoms with Gasteiger partial charge < -0.3 is 20.4 Å². The Balaban J connectivity index is 1.77. The van der Waals surface area contributed by atoms with Crippen molar-refractivity contribution in [2.75, 3.05) is 12.4 Å². The zero-order valence-corrected chi connectivity index (χ0v) is 17.0. The van der Waals surface area contributed by atoms with Crippen molar-refractivity contribution in [1.82, 2.24) is 24.8 Å². The third kappa shape index (κ3) is 5.03. The second-order valence-corrected chi connectivity index (χ2v) is 7.13. The Labute approximate surface area is 175 Å². The standard InChI is InChI=1S/C18H19N7O4S/c1-24-18(21-22-23-24)30-10-13-7-14(26)15(29-2)8-25(13)9-16(27)20-12-5-3-11(4-6-12)17(19)28/h3-8H,9-10H2,1-2H3,(H2,19,28)(H,20,27). The minimum absolute atomic E-state index is 0.0544. The quantitative estimate of drug-likeness (QED) is 0.489. The van der Waals surface area contributed by atoms with Gasteiger partial charge in [0.1, 0.15) is 6.54 Å². The van der Waals surface area contributed by atoms with Crippen molar-refractivity contribution in [2.24, 2.45) is 12.8 Å². The molecule has 0 aliphatic carbocycles. The number of pyridine rings is 1. The van der Waals surface area contributed by atoms with Crippen LogP contribution in [0.15, 0.2) is 46.5 Å². The number of nitrogens with zero attached hydrogens (tertiary/aromatic N) is 5. The van der Waals surface area contributed by atoms with E-state index >= 15 is 0 Å². The number of rotatable bonds is 8. The van der Waals surface area contributed by atoms with E-state index in [2.05, 4.69) is 20.8 Å². The smallest absolute Gasteiger partial charge is 0.248 e. The summed E-state index contributed by atoms with van der Waals surface area (Å²) in [5.41, 5.74) is 6.39. The fourth-order valence-electron chi connectivity index (χ4n) is 2.57. The van der Waals surface area contributed by atoms with Gasteiger partial charge in [-0.2, -0.15) is 0 Å². The van der Waals surface area contributed by atoms with Crippen LogP contribution in [-0.2, 0) is 24.1 Å². The fraction of sp³-hybridized carbons (Fsp3) is 0.222. The van der Waals surface area contributed by atoms with Gasteiger partial charge >= 0.3 is 0 Å². The molecule has 156 valence electrons. The van der Waals surface area contributed by atoms with Gasteiger partial charge in [0.2, 0.25) is 22.4 Å². The van der Waals surface area contributed by atoms with Crippen LogP contribution in [0.2, 0.25) is 0 Å². The highest BCUT2D eigenvalue weighted by molar-refractivity contribution is 7.98. The van der Waals surface area contributed by atoms with E-state index < -0.39 is 5.91 Å². The van der Waals surface area contributed by atoms with E-state index in [0.29, 0.717) is 27.9 Å². The second-order valence-electron chi connectivity index (χ2n) is 6.19. The lowest BCUT2D eigenvalue weighted by atomic mass is 10.2. The number of nitrogens with two attached hydrogens (primary N) is 1. The number of nitrogens with one attached hydrogen (secondary N) is 1. The van der Waals surface area contributed by atoms with Crippen LogP contribution in [0.5, 0.6) is 5.75 Å². The summed E-state index contributed by atoms with van der Waals surface area (Å²) in [5.74, 6) is -0.371. The predicted molar refractivity (Wildman–Crippen MR) is 109 cm³/mol. The third-order valence-corrected chi connectivity index (χ3v) is 5.14. The van der Waals surface area contributed by atoms with E-state index in [0.717, 1.165) is 0 Å². The van der Waals surface area contributed by atoms with Crippen molar-refractivity contribution in [2.45, 2.75) is 17.5 Å². The Bertz CT molecular complexity index is 1120. The SMILES string of the molecule is COc1cn(CC(=O)Nc2ccc(C(N)=O)cc2)c(CSc2nnnn2C)cc1=O. The van der Waals surface area contributed by atoms with Crippen molar-refractivity contribution >= 4 is 29.3 Å². The zero-order valence-electron chi connectivity index (χ0n) is 16.2. The molecule has 11 nitrogen and oxygen atoms in total. The summed E-state index contributed by atoms with van der Waals surface area (Å²) in [6.07, 6.45) is 1.49. The van der Waals surface area contributed by atoms with Crippen molar-refractivity contribution in [1.29, 1.82) is 0 Å². The second kappa shape index (κ2) is 9.22. The molecule has 0 bridgehead atoms. The summed E-state index contributed by atoms with van der Waals surface area (Å²) in [5, 5.41) is 14.5. The molecule has 3 N–H and O–H groups in total. The number of tetrazole rings is 1. The summed E-state index contributed by atoms with van der Waals surface area (Å²) in [7, 11) is 3.10. The van der Waals surface area contributed by atoms with Gasteiger partial charge in [0.15, 0.2) is 5.75 Å². The number of anilines is 1. The first-order valence-corrected chi connectivity index (χ1v) is 9.68. The van der Waals surface area contributed by atoms with E-state index in [-0.39, 0.29) is 23.6 Å². The summed E-state index contributed by atoms with van der Waals surface area (Å²) >= 11 is 1.33. The lowest BCUT2D eigenvalue weighted by molar-refractivity contribution is -0.116. The van der Waals surface area contributed by atoms with Gasteiger partial charge in [0.05, 0.1) is 13.3 Å². The van der Waals surface area contributed by atoms with Gasteiger partial charge in [-0.1, -0.05) is 11.8 Å². The number of carbonyl (C=O) groups excluding carboxylic acids is 2. The van der Waals surface area contributed by atoms with E-state index in [1.165, 1.54) is 47.9 Å². The van der Waals surface area contributed by atoms with Crippen molar-refractivity contribution < 1.29 is 14.3 Å². The Morgan fingerprint density at radius 1 is 1.27 bits per heavy atom. The van der Waals surface area contributed by atoms with Crippen molar-refractivity contribution in [3.05, 3.63) is 58.0 Å². The fourth-order valence-corrected chi connectivity index (χ4v) is 3.42. The Hall–Kier alpha value is -3.67. The number of ether oxygens (including phenoxy) is 1. The maximum atomic E-state index is 12.5. The van der Waals surface area contributed by atoms with Crippen LogP contribution in [0.25, 0.3) is 0 Å². The highest BCUT2D eigenvalue weighted by Crippen LogP contribution is 2.20. The molecule has 2 amide bonds. The summed E-state index contributed by atoms with van der Waals surface area (Å²) < 4.78 is 8.24. The number of thioether (sulfide) groups is 1. The summed E-state index contributed by atoms with van der Waals surface area (Å²) in [6, 6.07) is 7.64. The summed E-state index contributed by atoms with van der Waals surface area (Å²) in [4.78, 5) is 35.9. The molecule has 3 rings (SSSR count). The Morgan fingerprint density at radius 3 is 2.60 bits per heavy atom. The zero-order chi connectivity index (χ0) is 21.7. The van der Waals surface area contributed by atoms with Gasteiger partial charge in [-0.05, 0) is 34.7 Å². The molecule has 0 atom stereocenters. The van der Waals surface area contributed by atoms with Crippen LogP contribution in [0.3, 0.4) is 0 Å². The topological polar surface area (TPSA) is 147 Å². The number of aryl methyl sites for hydroxylation is 1. The van der Waals surface area contributed by atoms with Crippen molar-refractivity contribution in [3.8, 4) is 5.75 Å². The predicted octanol–water partition coefficient (Wildman–Crippen LogP) is 0.410. The van der Waals surface area contributed by atoms with Gasteiger partial charge in [0, 0.05) is 35.8 Å². The first-order chi connectivity index (χ1) is 14.4. The Morgan fingerprint density at radius 2 is 2.00 bits per heavy atom. The molecule has 0 fully saturated rings. The molecular formula is C18H19N7O4S. The largest absolute Gasteiger partial charge is 0.491 e. The average molecular weight is 429 g/mol. The van der Waals surface area contributed by atoms with Crippen molar-refractivity contribution in [3.63, 3.8) is 0 Å². The molecule has 0 saturated carbocycles. The number of amides is 2. The van der Waals surface area contributed by atoms with E-state index in [1.807, 2.05) is 0 Å². The van der Waals surface area contributed by atoms with Gasteiger partial charge in [-0.15, -0.1) is 5.10 Å². The molecule has 0 aliphatic heterocycles. The maximum Gasteiger partial charge on any atom is 0.248 e. The van der Waals surface area contributed by atoms with E-state index in [1.54, 1.807) is 23.7 Å². The number of primary amides is 1. The van der Waals surface area contributed by atoms with Gasteiger partial charge in [-0.3, -0.25) is 14.4 Å². The average Bonchev–Trinajstić information content (AvgIpc) is 3.13. The third-order valence-electron chi connectivity index (χ3n) is 4.10. The molecule has 0 radical (unpaired) electrons. The van der Waals surface area contributed by atoms with Crippen LogP contribution in [0, 0.1) is 0 Å². The molecular weight excluding hydrogens is 410 g/mol. The molecule has 3 aromatic rings. The molecule has 30 heavy (non-hydrogen) atoms. The summed E-state index contributed by atoms with van der Waals surface area (Å²) in [6.45, 7) is -0.0544. The van der Waals surface area contributed by atoms with Crippen LogP contribution in [0.4, 0.5) is 5.69 Å². The Kier molecular flexibility index (Phi) is 6.47. The number of benzene rings is 1. The molecule has 2 heterocycles. The van der Waals surface area contributed by atoms with Gasteiger partial charge in [-0.25, -0.2) is 4.68 Å². The number of carbonyl (C=O) groups is 2. The molecule has 2 aromatic heterocycles. The number of hydrogen-bond donors (Lipinski definition) is 2. The normalized spacial score (nSPS) is 10.6. The first-order valence-electron chi connectivity index (χ1n) is 8.69. The monoisotopic (exact) mass is 429 g/mol. The highest BCUT2D eigenvalue weighted by Gasteiger charge is 2.13. The van der Waals surface area contributed by atoms with Crippen LogP contribution < -0.4 is 21.2 Å². The van der Waals surface area contributed by atoms with Crippen LogP contribution >= 0.6 is 11.8 Å². The highest BCUT2D eigenvalue weighted by atomic mass is 32.2. The molecule has 0 aliphatic rings. The number of methoxy groups -OCH3 is 1. The lowest BCUT2D eigenvalue weighted by Crippen LogP contribution is -2.23. The molecule has 0 unspecified atom stereocenters. The number of aromatic nitrogens is 5. The lowest BCUT2D eigenvalue weighted by Gasteiger charge is -2.14. The maximum absolute atomic E-state index is 12.5. The molecule has 12 heteroatoms. The molecule has 0 saturated heterocycles. The minimum atomic E-state index is -0.548. The van der Waals surface area contributed by atoms with Crippen LogP contribution in [0.1, 0.15) is 16.1 Å². The molecule has 0 spiro atoms. The van der Waals surface area contributed by atoms with E-state index in [9.17, 15) is 14.4 Å². The van der Waals surface area contributed by atoms with E-state index in [4.69, 9.17) is 10.5 Å². The first kappa shape index (κ1) is 21.0. The van der Waals surface area contributed by atoms with Crippen LogP contribution in [-0.4, -0.2) is 43.7 Å². The molecule has 1 aromatic carbocycles. The van der Waals surface area contributed by atoms with Gasteiger partial charge in [0.25, 0.3) is 0 Å². The minimum Gasteiger partial charge on any atom is -0.491 e.